The minimum atomic E-state index is -0.368. The van der Waals surface area contributed by atoms with Crippen LogP contribution in [0.1, 0.15) is 23.7 Å². The molecule has 0 saturated carbocycles. The molecule has 3 rings (SSSR count). The molecule has 0 bridgehead atoms. The summed E-state index contributed by atoms with van der Waals surface area (Å²) >= 11 is 0. The number of benzene rings is 1. The van der Waals surface area contributed by atoms with Gasteiger partial charge < -0.3 is 14.7 Å². The largest absolute Gasteiger partial charge is 0.497 e. The van der Waals surface area contributed by atoms with Crippen LogP contribution in [0.25, 0.3) is 0 Å². The summed E-state index contributed by atoms with van der Waals surface area (Å²) in [4.78, 5) is 4.81. The highest BCUT2D eigenvalue weighted by atomic mass is 16.5. The van der Waals surface area contributed by atoms with Crippen molar-refractivity contribution in [1.82, 2.24) is 9.80 Å². The van der Waals surface area contributed by atoms with E-state index in [-0.39, 0.29) is 12.1 Å². The number of hydrogen-bond donors (Lipinski definition) is 1. The van der Waals surface area contributed by atoms with Crippen LogP contribution in [0.4, 0.5) is 0 Å². The molecule has 1 aromatic rings. The Morgan fingerprint density at radius 2 is 1.95 bits per heavy atom. The summed E-state index contributed by atoms with van der Waals surface area (Å²) in [6, 6.07) is 6.32. The maximum atomic E-state index is 10.7. The molecule has 0 radical (unpaired) electrons. The molecule has 1 aromatic carbocycles. The van der Waals surface area contributed by atoms with Crippen LogP contribution in [-0.4, -0.2) is 61.3 Å². The van der Waals surface area contributed by atoms with E-state index in [1.54, 1.807) is 7.11 Å². The predicted molar refractivity (Wildman–Crippen MR) is 79.1 cm³/mol. The molecule has 1 heterocycles. The average Bonchev–Trinajstić information content (AvgIpc) is 2.48. The summed E-state index contributed by atoms with van der Waals surface area (Å²) < 4.78 is 5.27. The van der Waals surface area contributed by atoms with Crippen molar-refractivity contribution in [2.45, 2.75) is 25.0 Å². The number of ether oxygens (including phenoxy) is 1. The van der Waals surface area contributed by atoms with Gasteiger partial charge >= 0.3 is 0 Å². The van der Waals surface area contributed by atoms with Crippen molar-refractivity contribution in [3.63, 3.8) is 0 Å². The summed E-state index contributed by atoms with van der Waals surface area (Å²) in [7, 11) is 3.85. The fourth-order valence-electron chi connectivity index (χ4n) is 3.42. The Kier molecular flexibility index (Phi) is 3.96. The molecule has 1 N–H and O–H groups in total. The van der Waals surface area contributed by atoms with E-state index in [1.807, 2.05) is 12.1 Å². The third-order valence-corrected chi connectivity index (χ3v) is 4.75. The van der Waals surface area contributed by atoms with Crippen LogP contribution in [-0.2, 0) is 6.42 Å². The normalized spacial score (nSPS) is 28.1. The molecule has 2 aliphatic rings. The first-order chi connectivity index (χ1) is 9.69. The van der Waals surface area contributed by atoms with Gasteiger partial charge in [-0.25, -0.2) is 0 Å². The Labute approximate surface area is 120 Å². The van der Waals surface area contributed by atoms with Crippen molar-refractivity contribution >= 4 is 0 Å². The Morgan fingerprint density at radius 3 is 2.65 bits per heavy atom. The third kappa shape index (κ3) is 2.55. The number of hydrogen-bond acceptors (Lipinski definition) is 4. The zero-order chi connectivity index (χ0) is 14.1. The van der Waals surface area contributed by atoms with Crippen LogP contribution in [0.15, 0.2) is 18.2 Å². The average molecular weight is 276 g/mol. The van der Waals surface area contributed by atoms with Crippen molar-refractivity contribution in [2.75, 3.05) is 40.3 Å². The van der Waals surface area contributed by atoms with Gasteiger partial charge in [0, 0.05) is 32.2 Å². The molecular formula is C16H24N2O2. The Balaban J connectivity index is 1.77. The lowest BCUT2D eigenvalue weighted by Crippen LogP contribution is -2.51. The summed E-state index contributed by atoms with van der Waals surface area (Å²) in [6.45, 7) is 4.31. The Morgan fingerprint density at radius 1 is 1.20 bits per heavy atom. The number of fused-ring (bicyclic) bond motifs is 1. The van der Waals surface area contributed by atoms with Gasteiger partial charge in [-0.15, -0.1) is 0 Å². The fraction of sp³-hybridized carbons (Fsp3) is 0.625. The molecule has 1 fully saturated rings. The number of nitrogens with zero attached hydrogens (tertiary/aromatic N) is 2. The van der Waals surface area contributed by atoms with Crippen molar-refractivity contribution in [1.29, 1.82) is 0 Å². The van der Waals surface area contributed by atoms with Crippen LogP contribution >= 0.6 is 0 Å². The van der Waals surface area contributed by atoms with Crippen LogP contribution < -0.4 is 4.74 Å². The molecule has 110 valence electrons. The highest BCUT2D eigenvalue weighted by Gasteiger charge is 2.33. The van der Waals surface area contributed by atoms with E-state index in [1.165, 1.54) is 5.56 Å². The molecule has 4 heteroatoms. The number of likely N-dealkylation sites (N-methyl/N-ethyl adjacent to an activating group) is 1. The first-order valence-corrected chi connectivity index (χ1v) is 7.46. The van der Waals surface area contributed by atoms with Crippen LogP contribution in [0, 0.1) is 0 Å². The van der Waals surface area contributed by atoms with Crippen molar-refractivity contribution in [3.05, 3.63) is 29.3 Å². The van der Waals surface area contributed by atoms with E-state index < -0.39 is 0 Å². The maximum Gasteiger partial charge on any atom is 0.119 e. The first-order valence-electron chi connectivity index (χ1n) is 7.46. The summed E-state index contributed by atoms with van der Waals surface area (Å²) in [5.41, 5.74) is 2.32. The summed E-state index contributed by atoms with van der Waals surface area (Å²) in [5, 5.41) is 10.7. The minimum Gasteiger partial charge on any atom is -0.497 e. The van der Waals surface area contributed by atoms with Gasteiger partial charge in [0.25, 0.3) is 0 Å². The predicted octanol–water partition coefficient (Wildman–Crippen LogP) is 1.29. The second-order valence-electron chi connectivity index (χ2n) is 5.95. The van der Waals surface area contributed by atoms with Crippen molar-refractivity contribution in [3.8, 4) is 5.75 Å². The smallest absolute Gasteiger partial charge is 0.119 e. The number of methoxy groups -OCH3 is 1. The molecule has 0 spiro atoms. The lowest BCUT2D eigenvalue weighted by Gasteiger charge is -2.42. The maximum absolute atomic E-state index is 10.7. The Bertz CT molecular complexity index is 470. The van der Waals surface area contributed by atoms with Gasteiger partial charge in [-0.1, -0.05) is 6.07 Å². The van der Waals surface area contributed by atoms with E-state index >= 15 is 0 Å². The summed E-state index contributed by atoms with van der Waals surface area (Å²) in [5.74, 6) is 0.883. The lowest BCUT2D eigenvalue weighted by atomic mass is 9.84. The van der Waals surface area contributed by atoms with Gasteiger partial charge in [0.1, 0.15) is 5.75 Å². The molecule has 2 atom stereocenters. The molecule has 1 aliphatic carbocycles. The van der Waals surface area contributed by atoms with Crippen molar-refractivity contribution in [2.24, 2.45) is 0 Å². The van der Waals surface area contributed by atoms with Crippen LogP contribution in [0.2, 0.25) is 0 Å². The molecule has 1 aliphatic heterocycles. The standard InChI is InChI=1S/C16H24N2O2/c1-17-7-9-18(10-8-17)15-6-3-12-11-13(20-2)4-5-14(12)16(15)19/h4-5,11,15-16,19H,3,6-10H2,1-2H3. The molecular weight excluding hydrogens is 252 g/mol. The number of rotatable bonds is 2. The van der Waals surface area contributed by atoms with Gasteiger partial charge in [0.05, 0.1) is 13.2 Å². The molecule has 0 aromatic heterocycles. The van der Waals surface area contributed by atoms with E-state index in [0.29, 0.717) is 0 Å². The number of aliphatic hydroxyl groups is 1. The second kappa shape index (κ2) is 5.72. The van der Waals surface area contributed by atoms with Crippen LogP contribution in [0.5, 0.6) is 5.75 Å². The third-order valence-electron chi connectivity index (χ3n) is 4.75. The van der Waals surface area contributed by atoms with E-state index in [2.05, 4.69) is 22.9 Å². The first kappa shape index (κ1) is 13.9. The quantitative estimate of drug-likeness (QED) is 0.883. The zero-order valence-electron chi connectivity index (χ0n) is 12.4. The summed E-state index contributed by atoms with van der Waals surface area (Å²) in [6.07, 6.45) is 1.69. The van der Waals surface area contributed by atoms with Crippen molar-refractivity contribution < 1.29 is 9.84 Å². The molecule has 4 nitrogen and oxygen atoms in total. The monoisotopic (exact) mass is 276 g/mol. The second-order valence-corrected chi connectivity index (χ2v) is 5.95. The van der Waals surface area contributed by atoms with E-state index in [4.69, 9.17) is 4.74 Å². The van der Waals surface area contributed by atoms with Gasteiger partial charge in [-0.3, -0.25) is 4.90 Å². The van der Waals surface area contributed by atoms with E-state index in [0.717, 1.165) is 50.3 Å². The number of aliphatic hydroxyl groups excluding tert-OH is 1. The SMILES string of the molecule is COc1ccc2c(c1)CCC(N1CCN(C)CC1)C2O. The van der Waals surface area contributed by atoms with Gasteiger partial charge in [-0.2, -0.15) is 0 Å². The fourth-order valence-corrected chi connectivity index (χ4v) is 3.42. The van der Waals surface area contributed by atoms with Gasteiger partial charge in [-0.05, 0) is 43.1 Å². The molecule has 0 amide bonds. The van der Waals surface area contributed by atoms with Gasteiger partial charge in [0.2, 0.25) is 0 Å². The number of piperazine rings is 1. The van der Waals surface area contributed by atoms with Gasteiger partial charge in [0.15, 0.2) is 0 Å². The molecule has 1 saturated heterocycles. The molecule has 2 unspecified atom stereocenters. The van der Waals surface area contributed by atoms with E-state index in [9.17, 15) is 5.11 Å². The number of aryl methyl sites for hydroxylation is 1. The highest BCUT2D eigenvalue weighted by Crippen LogP contribution is 2.35. The topological polar surface area (TPSA) is 35.9 Å². The zero-order valence-corrected chi connectivity index (χ0v) is 12.4. The minimum absolute atomic E-state index is 0.268. The highest BCUT2D eigenvalue weighted by molar-refractivity contribution is 5.39. The lowest BCUT2D eigenvalue weighted by molar-refractivity contribution is 0.0128. The Hall–Kier alpha value is -1.10. The molecule has 20 heavy (non-hydrogen) atoms. The van der Waals surface area contributed by atoms with Crippen LogP contribution in [0.3, 0.4) is 0 Å².